The van der Waals surface area contributed by atoms with Crippen LogP contribution in [-0.4, -0.2) is 0 Å². The van der Waals surface area contributed by atoms with Gasteiger partial charge in [0.15, 0.2) is 0 Å². The van der Waals surface area contributed by atoms with E-state index < -0.39 is 0 Å². The van der Waals surface area contributed by atoms with Crippen molar-refractivity contribution in [3.8, 4) is 0 Å². The van der Waals surface area contributed by atoms with E-state index in [0.717, 1.165) is 65.1 Å². The fraction of sp³-hybridized carbons (Fsp3) is 0.739. The van der Waals surface area contributed by atoms with Gasteiger partial charge < -0.3 is 0 Å². The van der Waals surface area contributed by atoms with Gasteiger partial charge in [-0.2, -0.15) is 0 Å². The summed E-state index contributed by atoms with van der Waals surface area (Å²) in [4.78, 5) is 0. The van der Waals surface area contributed by atoms with E-state index in [4.69, 9.17) is 0 Å². The van der Waals surface area contributed by atoms with Crippen molar-refractivity contribution in [3.05, 3.63) is 70.3 Å². The van der Waals surface area contributed by atoms with Crippen molar-refractivity contribution in [2.45, 2.75) is 163 Å². The maximum Gasteiger partial charge on any atom is -0.0130 e. The molecule has 0 aromatic heterocycles. The highest BCUT2D eigenvalue weighted by Crippen LogP contribution is 2.62. The molecule has 0 bridgehead atoms. The minimum atomic E-state index is 0.185. The summed E-state index contributed by atoms with van der Waals surface area (Å²) >= 11 is 0. The molecule has 6 rings (SSSR count). The first-order valence-electron chi connectivity index (χ1n) is 19.7. The van der Waals surface area contributed by atoms with Gasteiger partial charge in [-0.25, -0.2) is 0 Å². The molecule has 0 heteroatoms. The first kappa shape index (κ1) is 34.3. The molecule has 11 unspecified atom stereocenters. The highest BCUT2D eigenvalue weighted by Gasteiger charge is 2.53. The van der Waals surface area contributed by atoms with Crippen LogP contribution in [0.4, 0.5) is 0 Å². The zero-order valence-corrected chi connectivity index (χ0v) is 32.0. The Bertz CT molecular complexity index is 1310. The molecule has 2 aromatic rings. The topological polar surface area (TPSA) is 0 Å². The van der Waals surface area contributed by atoms with Crippen LogP contribution in [0.15, 0.2) is 42.5 Å². The van der Waals surface area contributed by atoms with E-state index in [-0.39, 0.29) is 16.2 Å². The van der Waals surface area contributed by atoms with Crippen LogP contribution >= 0.6 is 0 Å². The largest absolute Gasteiger partial charge is 0.0622 e. The molecule has 4 saturated carbocycles. The van der Waals surface area contributed by atoms with Gasteiger partial charge in [-0.1, -0.05) is 132 Å². The van der Waals surface area contributed by atoms with Gasteiger partial charge in [-0.05, 0) is 154 Å². The fourth-order valence-corrected chi connectivity index (χ4v) is 11.7. The maximum atomic E-state index is 2.66. The number of hydrogen-bond acceptors (Lipinski definition) is 0. The Balaban J connectivity index is 1.24. The smallest absolute Gasteiger partial charge is 0.0130 e. The summed E-state index contributed by atoms with van der Waals surface area (Å²) in [5.74, 6) is 9.57. The Kier molecular flexibility index (Phi) is 9.25. The molecule has 0 amide bonds. The summed E-state index contributed by atoms with van der Waals surface area (Å²) in [6, 6.07) is 17.7. The van der Waals surface area contributed by atoms with Crippen molar-refractivity contribution in [1.82, 2.24) is 0 Å². The van der Waals surface area contributed by atoms with Crippen LogP contribution in [0.5, 0.6) is 0 Å². The molecular weight excluding hydrogens is 553 g/mol. The molecule has 11 atom stereocenters. The Labute approximate surface area is 285 Å². The van der Waals surface area contributed by atoms with E-state index in [1.807, 2.05) is 0 Å². The summed E-state index contributed by atoms with van der Waals surface area (Å²) in [5, 5.41) is 0. The predicted molar refractivity (Wildman–Crippen MR) is 200 cm³/mol. The van der Waals surface area contributed by atoms with Crippen LogP contribution in [-0.2, 0) is 16.2 Å². The third kappa shape index (κ3) is 6.56. The quantitative estimate of drug-likeness (QED) is 0.318. The van der Waals surface area contributed by atoms with Crippen molar-refractivity contribution >= 4 is 0 Å². The predicted octanol–water partition coefficient (Wildman–Crippen LogP) is 13.2. The minimum Gasteiger partial charge on any atom is -0.0622 e. The van der Waals surface area contributed by atoms with Gasteiger partial charge in [-0.15, -0.1) is 0 Å². The van der Waals surface area contributed by atoms with Gasteiger partial charge >= 0.3 is 0 Å². The monoisotopic (exact) mass is 623 g/mol. The summed E-state index contributed by atoms with van der Waals surface area (Å²) in [6.07, 6.45) is 11.5. The zero-order chi connectivity index (χ0) is 33.3. The molecule has 0 radical (unpaired) electrons. The van der Waals surface area contributed by atoms with E-state index in [0.29, 0.717) is 0 Å². The number of benzene rings is 2. The maximum absolute atomic E-state index is 2.66. The highest BCUT2D eigenvalue weighted by molar-refractivity contribution is 5.40. The molecule has 0 aliphatic heterocycles. The van der Waals surface area contributed by atoms with Gasteiger partial charge in [0.2, 0.25) is 0 Å². The van der Waals surface area contributed by atoms with Crippen LogP contribution < -0.4 is 0 Å². The molecule has 4 aliphatic carbocycles. The second-order valence-electron chi connectivity index (χ2n) is 20.5. The van der Waals surface area contributed by atoms with Crippen molar-refractivity contribution in [2.24, 2.45) is 53.3 Å². The Morgan fingerprint density at radius 3 is 1.63 bits per heavy atom. The molecule has 254 valence electrons. The summed E-state index contributed by atoms with van der Waals surface area (Å²) in [5.41, 5.74) is 8.47. The van der Waals surface area contributed by atoms with Crippen LogP contribution in [0.2, 0.25) is 0 Å². The summed E-state index contributed by atoms with van der Waals surface area (Å²) in [6.45, 7) is 29.4. The van der Waals surface area contributed by atoms with Crippen LogP contribution in [0, 0.1) is 53.3 Å². The third-order valence-corrected chi connectivity index (χ3v) is 14.4. The first-order valence-corrected chi connectivity index (χ1v) is 19.7. The summed E-state index contributed by atoms with van der Waals surface area (Å²) in [7, 11) is 0. The normalized spacial score (nSPS) is 36.8. The van der Waals surface area contributed by atoms with Crippen LogP contribution in [0.1, 0.15) is 174 Å². The van der Waals surface area contributed by atoms with E-state index in [2.05, 4.69) is 126 Å². The highest BCUT2D eigenvalue weighted by atomic mass is 14.6. The van der Waals surface area contributed by atoms with Crippen LogP contribution in [0.25, 0.3) is 0 Å². The molecular formula is C46H70. The molecule has 0 heterocycles. The van der Waals surface area contributed by atoms with Crippen molar-refractivity contribution < 1.29 is 0 Å². The minimum absolute atomic E-state index is 0.185. The Morgan fingerprint density at radius 1 is 0.500 bits per heavy atom. The number of rotatable bonds is 4. The standard InChI is InChI=1S/C46H70/c1-28-16-21-37(32-24-34(45(7,8)9)26-35(25-32)46(10,11)12)42-23-30(3)40(43(28)42)27-39-29(2)22-41-36(14-13-15-38(39)41)31-17-19-33(20-18-31)44(4,5)6/h17-20,24-26,28-30,36-43H,13-16,21-23,27H2,1-12H3. The molecule has 46 heavy (non-hydrogen) atoms. The van der Waals surface area contributed by atoms with Gasteiger partial charge in [0.05, 0.1) is 0 Å². The molecule has 0 N–H and O–H groups in total. The van der Waals surface area contributed by atoms with Gasteiger partial charge in [0.1, 0.15) is 0 Å². The van der Waals surface area contributed by atoms with Gasteiger partial charge in [0.25, 0.3) is 0 Å². The first-order chi connectivity index (χ1) is 21.4. The van der Waals surface area contributed by atoms with Gasteiger partial charge in [-0.3, -0.25) is 0 Å². The zero-order valence-electron chi connectivity index (χ0n) is 32.0. The van der Waals surface area contributed by atoms with E-state index in [1.54, 1.807) is 22.3 Å². The Morgan fingerprint density at radius 2 is 1.04 bits per heavy atom. The SMILES string of the molecule is CC1CC2C(c3ccc(C(C)(C)C)cc3)CCCC2C1CC1C(C)CC2C(c3cc(C(C)(C)C)cc(C(C)(C)C)c3)CCC(C)C12. The Hall–Kier alpha value is -1.56. The van der Waals surface area contributed by atoms with E-state index in [9.17, 15) is 0 Å². The lowest BCUT2D eigenvalue weighted by molar-refractivity contribution is 0.0925. The lowest BCUT2D eigenvalue weighted by atomic mass is 9.62. The number of hydrogen-bond donors (Lipinski definition) is 0. The molecule has 4 aliphatic rings. The molecule has 4 fully saturated rings. The van der Waals surface area contributed by atoms with Crippen molar-refractivity contribution in [2.75, 3.05) is 0 Å². The molecule has 0 nitrogen and oxygen atoms in total. The lowest BCUT2D eigenvalue weighted by Gasteiger charge is -2.43. The fourth-order valence-electron chi connectivity index (χ4n) is 11.7. The summed E-state index contributed by atoms with van der Waals surface area (Å²) < 4.78 is 0. The number of fused-ring (bicyclic) bond motifs is 2. The molecule has 2 aromatic carbocycles. The van der Waals surface area contributed by atoms with Crippen molar-refractivity contribution in [3.63, 3.8) is 0 Å². The molecule has 0 saturated heterocycles. The average Bonchev–Trinajstić information content (AvgIpc) is 3.48. The lowest BCUT2D eigenvalue weighted by Crippen LogP contribution is -2.35. The van der Waals surface area contributed by atoms with E-state index in [1.165, 1.54) is 56.9 Å². The van der Waals surface area contributed by atoms with Gasteiger partial charge in [0, 0.05) is 0 Å². The van der Waals surface area contributed by atoms with Crippen molar-refractivity contribution in [1.29, 1.82) is 0 Å². The average molecular weight is 623 g/mol. The third-order valence-electron chi connectivity index (χ3n) is 14.4. The van der Waals surface area contributed by atoms with Crippen LogP contribution in [0.3, 0.4) is 0 Å². The van der Waals surface area contributed by atoms with E-state index >= 15 is 0 Å². The second kappa shape index (κ2) is 12.4. The molecule has 0 spiro atoms. The second-order valence-corrected chi connectivity index (χ2v) is 20.5.